The number of aliphatic carboxylic acids is 3. The molecule has 0 aromatic rings. The zero-order valence-electron chi connectivity index (χ0n) is 28.2. The standard InChI is InChI=1S/3C9H17NO5.Ca.Na/c3*1-9(2,5-11)7(14)8(15)10-4-3-6(12)13;;/h3*7,11,14H,3-5H2,1-2H3,(H,10,15)(H,12,13);;/q;;;+2;+1/p-3/t3*7-;;/m000../s1. The summed E-state index contributed by atoms with van der Waals surface area (Å²) in [5.41, 5.74) is -2.86. The number of amides is 3. The molecular formula is C27H48CaN3NaO15. The van der Waals surface area contributed by atoms with Crippen LogP contribution in [0.2, 0.25) is 0 Å². The third-order valence-electron chi connectivity index (χ3n) is 6.07. The van der Waals surface area contributed by atoms with Crippen molar-refractivity contribution in [3.8, 4) is 0 Å². The quantitative estimate of drug-likeness (QED) is 0.0595. The molecule has 0 rings (SSSR count). The van der Waals surface area contributed by atoms with Gasteiger partial charge in [0, 0.05) is 73.0 Å². The second-order valence-corrected chi connectivity index (χ2v) is 11.9. The van der Waals surface area contributed by atoms with E-state index in [1.807, 2.05) is 0 Å². The molecule has 0 aromatic carbocycles. The summed E-state index contributed by atoms with van der Waals surface area (Å²) in [5, 5.41) is 91.9. The molecule has 0 radical (unpaired) electrons. The van der Waals surface area contributed by atoms with Crippen LogP contribution in [0.4, 0.5) is 0 Å². The van der Waals surface area contributed by atoms with Crippen LogP contribution in [0.3, 0.4) is 0 Å². The van der Waals surface area contributed by atoms with Gasteiger partial charge in [-0.25, -0.2) is 0 Å². The van der Waals surface area contributed by atoms with Gasteiger partial charge in [-0.15, -0.1) is 0 Å². The number of rotatable bonds is 18. The Labute approximate surface area is 326 Å². The minimum absolute atomic E-state index is 0. The topological polar surface area (TPSA) is 329 Å². The van der Waals surface area contributed by atoms with Gasteiger partial charge in [0.05, 0.1) is 19.8 Å². The molecule has 0 aromatic heterocycles. The van der Waals surface area contributed by atoms with Crippen molar-refractivity contribution in [1.82, 2.24) is 16.0 Å². The first-order valence-electron chi connectivity index (χ1n) is 13.7. The number of aliphatic hydroxyl groups excluding tert-OH is 6. The van der Waals surface area contributed by atoms with Crippen molar-refractivity contribution in [3.05, 3.63) is 0 Å². The third kappa shape index (κ3) is 26.4. The van der Waals surface area contributed by atoms with E-state index >= 15 is 0 Å². The smallest absolute Gasteiger partial charge is 0.550 e. The van der Waals surface area contributed by atoms with Crippen LogP contribution in [-0.2, 0) is 28.8 Å². The molecule has 0 unspecified atom stereocenters. The summed E-state index contributed by atoms with van der Waals surface area (Å²) in [7, 11) is 0. The Kier molecular flexibility index (Phi) is 32.5. The molecule has 0 aliphatic carbocycles. The first kappa shape index (κ1) is 55.3. The number of aliphatic hydroxyl groups is 6. The minimum Gasteiger partial charge on any atom is -0.550 e. The summed E-state index contributed by atoms with van der Waals surface area (Å²) < 4.78 is 0. The van der Waals surface area contributed by atoms with E-state index in [4.69, 9.17) is 15.3 Å². The van der Waals surface area contributed by atoms with Gasteiger partial charge in [-0.05, 0) is 0 Å². The fourth-order valence-corrected chi connectivity index (χ4v) is 2.48. The Morgan fingerprint density at radius 2 is 0.681 bits per heavy atom. The molecule has 0 bridgehead atoms. The maximum Gasteiger partial charge on any atom is 2.00 e. The van der Waals surface area contributed by atoms with Crippen molar-refractivity contribution in [2.45, 2.75) is 79.1 Å². The average molecular weight is 718 g/mol. The minimum atomic E-state index is -1.37. The SMILES string of the molecule is CC(C)(CO)[C@@H](O)C(=O)NCCC(=O)[O-].CC(C)(CO)[C@@H](O)C(=O)NCCC(=O)[O-].CC(C)(CO)[C@@H](O)C(=O)NCCC(=O)[O-].[Ca+2].[Na+]. The number of hydrogen-bond donors (Lipinski definition) is 9. The van der Waals surface area contributed by atoms with Crippen LogP contribution in [0.5, 0.6) is 0 Å². The van der Waals surface area contributed by atoms with E-state index in [2.05, 4.69) is 16.0 Å². The van der Waals surface area contributed by atoms with Crippen LogP contribution in [-0.4, -0.2) is 162 Å². The van der Waals surface area contributed by atoms with Crippen LogP contribution >= 0.6 is 0 Å². The second kappa shape index (κ2) is 27.6. The van der Waals surface area contributed by atoms with E-state index in [0.717, 1.165) is 0 Å². The normalized spacial score (nSPS) is 12.8. The van der Waals surface area contributed by atoms with E-state index in [1.54, 1.807) is 0 Å². The third-order valence-corrected chi connectivity index (χ3v) is 6.07. The van der Waals surface area contributed by atoms with E-state index in [0.29, 0.717) is 0 Å². The van der Waals surface area contributed by atoms with Gasteiger partial charge in [0.1, 0.15) is 18.3 Å². The Balaban J connectivity index is -0.000000184. The fraction of sp³-hybridized carbons (Fsp3) is 0.778. The molecule has 20 heteroatoms. The first-order valence-corrected chi connectivity index (χ1v) is 13.7. The molecule has 0 fully saturated rings. The van der Waals surface area contributed by atoms with Gasteiger partial charge >= 0.3 is 67.3 Å². The Hall–Kier alpha value is -1.16. The van der Waals surface area contributed by atoms with Crippen molar-refractivity contribution >= 4 is 73.4 Å². The van der Waals surface area contributed by atoms with Gasteiger partial charge < -0.3 is 76.3 Å². The molecule has 18 nitrogen and oxygen atoms in total. The summed E-state index contributed by atoms with van der Waals surface area (Å²) in [6.45, 7) is 7.81. The number of hydrogen-bond acceptors (Lipinski definition) is 15. The zero-order valence-corrected chi connectivity index (χ0v) is 32.4. The van der Waals surface area contributed by atoms with E-state index in [1.165, 1.54) is 41.5 Å². The maximum absolute atomic E-state index is 11.2. The van der Waals surface area contributed by atoms with Gasteiger partial charge in [0.2, 0.25) is 17.7 Å². The van der Waals surface area contributed by atoms with Crippen molar-refractivity contribution in [3.63, 3.8) is 0 Å². The molecule has 3 amide bonds. The molecule has 0 heterocycles. The van der Waals surface area contributed by atoms with Crippen LogP contribution in [0.15, 0.2) is 0 Å². The largest absolute Gasteiger partial charge is 2.00 e. The van der Waals surface area contributed by atoms with E-state index < -0.39 is 70.2 Å². The van der Waals surface area contributed by atoms with Crippen LogP contribution in [0.25, 0.3) is 0 Å². The monoisotopic (exact) mass is 717 g/mol. The van der Waals surface area contributed by atoms with E-state index in [9.17, 15) is 59.4 Å². The number of carboxylic acid groups (broad SMARTS) is 3. The van der Waals surface area contributed by atoms with Crippen molar-refractivity contribution in [1.29, 1.82) is 0 Å². The summed E-state index contributed by atoms with van der Waals surface area (Å²) in [6.07, 6.45) is -5.04. The summed E-state index contributed by atoms with van der Waals surface area (Å²) in [4.78, 5) is 63.8. The van der Waals surface area contributed by atoms with Crippen LogP contribution < -0.4 is 60.8 Å². The Bertz CT molecular complexity index is 849. The number of carbonyl (C=O) groups is 6. The Morgan fingerprint density at radius 3 is 0.809 bits per heavy atom. The summed E-state index contributed by atoms with van der Waals surface area (Å²) in [6, 6.07) is 0. The Morgan fingerprint density at radius 1 is 0.511 bits per heavy atom. The number of carboxylic acids is 3. The molecule has 3 atom stereocenters. The summed E-state index contributed by atoms with van der Waals surface area (Å²) >= 11 is 0. The molecule has 0 aliphatic heterocycles. The molecule has 0 spiro atoms. The van der Waals surface area contributed by atoms with Gasteiger partial charge in [0.25, 0.3) is 0 Å². The average Bonchev–Trinajstić information content (AvgIpc) is 2.95. The van der Waals surface area contributed by atoms with Gasteiger partial charge in [-0.1, -0.05) is 41.5 Å². The van der Waals surface area contributed by atoms with Gasteiger partial charge in [-0.2, -0.15) is 0 Å². The fourth-order valence-electron chi connectivity index (χ4n) is 2.48. The van der Waals surface area contributed by atoms with Crippen molar-refractivity contribution in [2.24, 2.45) is 16.2 Å². The van der Waals surface area contributed by atoms with Crippen molar-refractivity contribution in [2.75, 3.05) is 39.5 Å². The van der Waals surface area contributed by atoms with Crippen LogP contribution in [0.1, 0.15) is 60.8 Å². The van der Waals surface area contributed by atoms with Gasteiger partial charge in [0.15, 0.2) is 0 Å². The molecular weight excluding hydrogens is 669 g/mol. The molecule has 47 heavy (non-hydrogen) atoms. The van der Waals surface area contributed by atoms with E-state index in [-0.39, 0.29) is 126 Å². The predicted octanol–water partition coefficient (Wildman–Crippen LogP) is -10.5. The molecule has 9 N–H and O–H groups in total. The number of carbonyl (C=O) groups excluding carboxylic acids is 6. The molecule has 0 saturated carbocycles. The molecule has 0 aliphatic rings. The van der Waals surface area contributed by atoms with Crippen molar-refractivity contribution < 1.29 is 104 Å². The number of nitrogens with one attached hydrogen (secondary N) is 3. The summed E-state index contributed by atoms with van der Waals surface area (Å²) in [5.74, 6) is -5.91. The van der Waals surface area contributed by atoms with Gasteiger partial charge in [-0.3, -0.25) is 14.4 Å². The second-order valence-electron chi connectivity index (χ2n) is 11.9. The van der Waals surface area contributed by atoms with Crippen LogP contribution in [0, 0.1) is 16.2 Å². The molecule has 264 valence electrons. The maximum atomic E-state index is 11.2. The zero-order chi connectivity index (χ0) is 36.2. The molecule has 0 saturated heterocycles. The first-order chi connectivity index (χ1) is 20.4. The predicted molar refractivity (Wildman–Crippen MR) is 154 cm³/mol.